The minimum atomic E-state index is -2.61. The number of hydrogen-bond acceptors (Lipinski definition) is 9. The standard InChI is InChI=1S/C14H16N2O8S2/c15-6(12(21)22)5-25-26-11-7(17)1-2-8(18)14(11,13(23)24)16-9(19)3-4-10(16)20/h6,11H,1-5,15H2,(H,21,22)(H,23,24)/t6?,11?,14-/m0/s1. The highest BCUT2D eigenvalue weighted by molar-refractivity contribution is 8.77. The molecular formula is C14H16N2O8S2. The monoisotopic (exact) mass is 404 g/mol. The average molecular weight is 404 g/mol. The lowest BCUT2D eigenvalue weighted by atomic mass is 9.77. The third kappa shape index (κ3) is 3.35. The maximum Gasteiger partial charge on any atom is 0.339 e. The van der Waals surface area contributed by atoms with Gasteiger partial charge in [0.25, 0.3) is 0 Å². The largest absolute Gasteiger partial charge is 0.480 e. The van der Waals surface area contributed by atoms with Gasteiger partial charge in [0.1, 0.15) is 11.3 Å². The van der Waals surface area contributed by atoms with Gasteiger partial charge in [-0.25, -0.2) is 4.79 Å². The molecule has 0 spiro atoms. The number of Topliss-reactive ketones (excluding diaryl/α,β-unsaturated/α-hetero) is 2. The van der Waals surface area contributed by atoms with Gasteiger partial charge < -0.3 is 15.9 Å². The Bertz CT molecular complexity index is 680. The molecule has 1 saturated heterocycles. The van der Waals surface area contributed by atoms with E-state index in [1.165, 1.54) is 0 Å². The number of amides is 2. The molecule has 2 aliphatic rings. The molecular weight excluding hydrogens is 388 g/mol. The van der Waals surface area contributed by atoms with Gasteiger partial charge in [0.05, 0.1) is 0 Å². The van der Waals surface area contributed by atoms with E-state index in [2.05, 4.69) is 0 Å². The summed E-state index contributed by atoms with van der Waals surface area (Å²) in [6.07, 6.45) is -1.07. The molecule has 10 nitrogen and oxygen atoms in total. The summed E-state index contributed by atoms with van der Waals surface area (Å²) in [5.74, 6) is -6.32. The van der Waals surface area contributed by atoms with Crippen LogP contribution in [0.5, 0.6) is 0 Å². The summed E-state index contributed by atoms with van der Waals surface area (Å²) in [5.41, 5.74) is 2.76. The highest BCUT2D eigenvalue weighted by Crippen LogP contribution is 2.44. The van der Waals surface area contributed by atoms with Gasteiger partial charge in [-0.15, -0.1) is 0 Å². The van der Waals surface area contributed by atoms with Crippen LogP contribution in [0, 0.1) is 0 Å². The number of carboxylic acid groups (broad SMARTS) is 2. The molecule has 1 aliphatic heterocycles. The van der Waals surface area contributed by atoms with Crippen molar-refractivity contribution < 1.29 is 39.0 Å². The molecule has 2 rings (SSSR count). The second kappa shape index (κ2) is 7.76. The summed E-state index contributed by atoms with van der Waals surface area (Å²) < 4.78 is 0. The van der Waals surface area contributed by atoms with Crippen LogP contribution >= 0.6 is 21.6 Å². The zero-order chi connectivity index (χ0) is 19.6. The van der Waals surface area contributed by atoms with Crippen molar-refractivity contribution in [3.8, 4) is 0 Å². The van der Waals surface area contributed by atoms with Crippen molar-refractivity contribution >= 4 is 56.9 Å². The Morgan fingerprint density at radius 2 is 1.69 bits per heavy atom. The first-order valence-electron chi connectivity index (χ1n) is 7.56. The number of imide groups is 1. The zero-order valence-corrected chi connectivity index (χ0v) is 15.0. The summed E-state index contributed by atoms with van der Waals surface area (Å²) in [5, 5.41) is 17.0. The fraction of sp³-hybridized carbons (Fsp3) is 0.571. The molecule has 0 radical (unpaired) electrons. The minimum Gasteiger partial charge on any atom is -0.480 e. The van der Waals surface area contributed by atoms with E-state index in [4.69, 9.17) is 10.8 Å². The van der Waals surface area contributed by atoms with Crippen molar-refractivity contribution in [3.05, 3.63) is 0 Å². The first-order chi connectivity index (χ1) is 12.1. The fourth-order valence-electron chi connectivity index (χ4n) is 2.85. The zero-order valence-electron chi connectivity index (χ0n) is 13.4. The summed E-state index contributed by atoms with van der Waals surface area (Å²) in [6, 6.07) is -1.25. The van der Waals surface area contributed by atoms with E-state index < -0.39 is 58.6 Å². The van der Waals surface area contributed by atoms with Gasteiger partial charge in [0.15, 0.2) is 11.6 Å². The van der Waals surface area contributed by atoms with Crippen LogP contribution in [0.4, 0.5) is 0 Å². The molecule has 26 heavy (non-hydrogen) atoms. The third-order valence-corrected chi connectivity index (χ3v) is 6.98. The number of nitrogens with two attached hydrogens (primary N) is 1. The molecule has 1 saturated carbocycles. The van der Waals surface area contributed by atoms with Crippen LogP contribution in [0.2, 0.25) is 0 Å². The lowest BCUT2D eigenvalue weighted by molar-refractivity contribution is -0.170. The van der Waals surface area contributed by atoms with Crippen molar-refractivity contribution in [1.82, 2.24) is 4.90 Å². The van der Waals surface area contributed by atoms with Gasteiger partial charge in [0, 0.05) is 31.4 Å². The minimum absolute atomic E-state index is 0.157. The van der Waals surface area contributed by atoms with E-state index in [-0.39, 0.29) is 25.0 Å². The van der Waals surface area contributed by atoms with Gasteiger partial charge >= 0.3 is 11.9 Å². The molecule has 0 aromatic heterocycles. The summed E-state index contributed by atoms with van der Waals surface area (Å²) in [4.78, 5) is 72.5. The van der Waals surface area contributed by atoms with Crippen LogP contribution < -0.4 is 5.73 Å². The van der Waals surface area contributed by atoms with E-state index in [1.807, 2.05) is 0 Å². The lowest BCUT2D eigenvalue weighted by Crippen LogP contribution is -2.70. The molecule has 2 unspecified atom stereocenters. The molecule has 2 amide bonds. The quantitative estimate of drug-likeness (QED) is 0.271. The summed E-state index contributed by atoms with van der Waals surface area (Å²) >= 11 is 0. The second-order valence-corrected chi connectivity index (χ2v) is 8.31. The second-order valence-electron chi connectivity index (χ2n) is 5.79. The Labute approximate surface area is 155 Å². The van der Waals surface area contributed by atoms with Crippen molar-refractivity contribution in [2.24, 2.45) is 5.73 Å². The molecule has 1 aliphatic carbocycles. The van der Waals surface area contributed by atoms with E-state index in [0.29, 0.717) is 15.7 Å². The highest BCUT2D eigenvalue weighted by Gasteiger charge is 2.65. The number of carbonyl (C=O) groups excluding carboxylic acids is 4. The lowest BCUT2D eigenvalue weighted by Gasteiger charge is -2.42. The molecule has 1 heterocycles. The Kier molecular flexibility index (Phi) is 6.09. The number of likely N-dealkylation sites (tertiary alicyclic amines) is 1. The van der Waals surface area contributed by atoms with Crippen molar-refractivity contribution in [2.45, 2.75) is 42.5 Å². The number of aliphatic carboxylic acids is 2. The molecule has 3 atom stereocenters. The van der Waals surface area contributed by atoms with Gasteiger partial charge in [-0.2, -0.15) is 0 Å². The summed E-state index contributed by atoms with van der Waals surface area (Å²) in [6.45, 7) is 0. The van der Waals surface area contributed by atoms with E-state index in [0.717, 1.165) is 10.8 Å². The first-order valence-corrected chi connectivity index (χ1v) is 9.94. The molecule has 0 aromatic rings. The predicted octanol–water partition coefficient (Wildman–Crippen LogP) is -0.947. The number of ketones is 2. The van der Waals surface area contributed by atoms with Crippen LogP contribution in [-0.4, -0.2) is 73.0 Å². The maximum absolute atomic E-state index is 12.6. The van der Waals surface area contributed by atoms with Crippen LogP contribution in [0.25, 0.3) is 0 Å². The van der Waals surface area contributed by atoms with Crippen LogP contribution in [0.3, 0.4) is 0 Å². The predicted molar refractivity (Wildman–Crippen MR) is 90.2 cm³/mol. The first kappa shape index (κ1) is 20.4. The fourth-order valence-corrected chi connectivity index (χ4v) is 5.88. The highest BCUT2D eigenvalue weighted by atomic mass is 33.1. The van der Waals surface area contributed by atoms with Gasteiger partial charge in [-0.3, -0.25) is 28.9 Å². The molecule has 12 heteroatoms. The third-order valence-electron chi connectivity index (χ3n) is 4.15. The molecule has 4 N–H and O–H groups in total. The number of carbonyl (C=O) groups is 6. The van der Waals surface area contributed by atoms with Crippen LogP contribution in [0.1, 0.15) is 25.7 Å². The molecule has 0 aromatic carbocycles. The normalized spacial score (nSPS) is 27.7. The number of carboxylic acids is 2. The van der Waals surface area contributed by atoms with Crippen molar-refractivity contribution in [2.75, 3.05) is 5.75 Å². The molecule has 0 bridgehead atoms. The van der Waals surface area contributed by atoms with Crippen LogP contribution in [-0.2, 0) is 28.8 Å². The maximum atomic E-state index is 12.6. The van der Waals surface area contributed by atoms with E-state index >= 15 is 0 Å². The van der Waals surface area contributed by atoms with E-state index in [1.54, 1.807) is 0 Å². The number of hydrogen-bond donors (Lipinski definition) is 3. The average Bonchev–Trinajstić information content (AvgIpc) is 2.90. The molecule has 2 fully saturated rings. The van der Waals surface area contributed by atoms with Gasteiger partial charge in [-0.1, -0.05) is 21.6 Å². The van der Waals surface area contributed by atoms with E-state index in [9.17, 15) is 33.9 Å². The Morgan fingerprint density at radius 1 is 1.12 bits per heavy atom. The van der Waals surface area contributed by atoms with Crippen molar-refractivity contribution in [3.63, 3.8) is 0 Å². The number of nitrogens with zero attached hydrogens (tertiary/aromatic N) is 1. The number of rotatable bonds is 7. The molecule has 142 valence electrons. The van der Waals surface area contributed by atoms with Crippen LogP contribution in [0.15, 0.2) is 0 Å². The Morgan fingerprint density at radius 3 is 2.19 bits per heavy atom. The Balaban J connectivity index is 2.39. The summed E-state index contributed by atoms with van der Waals surface area (Å²) in [7, 11) is 1.47. The SMILES string of the molecule is NC(CSSC1C(=O)CCC(=O)[C@]1(C(=O)O)N1C(=O)CCC1=O)C(=O)O. The van der Waals surface area contributed by atoms with Crippen molar-refractivity contribution in [1.29, 1.82) is 0 Å². The smallest absolute Gasteiger partial charge is 0.339 e. The van der Waals surface area contributed by atoms with Gasteiger partial charge in [-0.05, 0) is 0 Å². The van der Waals surface area contributed by atoms with Gasteiger partial charge in [0.2, 0.25) is 17.4 Å². The topological polar surface area (TPSA) is 172 Å². The Hall–Kier alpha value is -1.92.